The maximum atomic E-state index is 12.1. The van der Waals surface area contributed by atoms with E-state index in [4.69, 9.17) is 9.47 Å². The summed E-state index contributed by atoms with van der Waals surface area (Å²) in [5.74, 6) is 1.01. The van der Waals surface area contributed by atoms with Crippen molar-refractivity contribution in [3.8, 4) is 11.5 Å². The second-order valence-electron chi connectivity index (χ2n) is 6.05. The number of allylic oxidation sites excluding steroid dienone is 1. The van der Waals surface area contributed by atoms with Crippen molar-refractivity contribution in [2.75, 3.05) is 5.32 Å². The van der Waals surface area contributed by atoms with Crippen molar-refractivity contribution in [2.24, 2.45) is 0 Å². The molecule has 0 saturated heterocycles. The van der Waals surface area contributed by atoms with Gasteiger partial charge in [-0.3, -0.25) is 5.32 Å². The minimum atomic E-state index is -0.543. The lowest BCUT2D eigenvalue weighted by Crippen LogP contribution is -2.29. The maximum absolute atomic E-state index is 12.1. The van der Waals surface area contributed by atoms with Gasteiger partial charge < -0.3 is 9.47 Å². The van der Waals surface area contributed by atoms with Crippen molar-refractivity contribution >= 4 is 17.4 Å². The Morgan fingerprint density at radius 2 is 1.83 bits per heavy atom. The minimum Gasteiger partial charge on any atom is -0.479 e. The van der Waals surface area contributed by atoms with Crippen LogP contribution in [0.15, 0.2) is 54.6 Å². The van der Waals surface area contributed by atoms with Gasteiger partial charge in [-0.25, -0.2) is 4.79 Å². The van der Waals surface area contributed by atoms with Crippen LogP contribution >= 0.6 is 0 Å². The summed E-state index contributed by atoms with van der Waals surface area (Å²) in [5.41, 5.74) is 2.28. The average molecular weight is 309 g/mol. The number of para-hydroxylation sites is 2. The molecule has 0 atom stereocenters. The van der Waals surface area contributed by atoms with Gasteiger partial charge in [0.25, 0.3) is 0 Å². The van der Waals surface area contributed by atoms with Gasteiger partial charge in [0.15, 0.2) is 11.5 Å². The first-order valence-electron chi connectivity index (χ1n) is 7.50. The summed E-state index contributed by atoms with van der Waals surface area (Å²) in [6, 6.07) is 14.7. The van der Waals surface area contributed by atoms with E-state index < -0.39 is 11.7 Å². The molecule has 118 valence electrons. The van der Waals surface area contributed by atoms with Gasteiger partial charge in [-0.05, 0) is 50.6 Å². The third-order valence-corrected chi connectivity index (χ3v) is 3.56. The van der Waals surface area contributed by atoms with Crippen LogP contribution in [0.3, 0.4) is 0 Å². The lowest BCUT2D eigenvalue weighted by Gasteiger charge is -2.31. The predicted molar refractivity (Wildman–Crippen MR) is 90.9 cm³/mol. The maximum Gasteiger partial charge on any atom is 0.417 e. The van der Waals surface area contributed by atoms with Crippen LogP contribution in [0.1, 0.15) is 26.3 Å². The van der Waals surface area contributed by atoms with Crippen LogP contribution in [0.4, 0.5) is 10.5 Å². The van der Waals surface area contributed by atoms with Crippen LogP contribution < -0.4 is 14.8 Å². The molecule has 0 radical (unpaired) electrons. The van der Waals surface area contributed by atoms with Gasteiger partial charge in [-0.15, -0.1) is 0 Å². The van der Waals surface area contributed by atoms with Gasteiger partial charge in [0.2, 0.25) is 0 Å². The molecule has 0 saturated carbocycles. The van der Waals surface area contributed by atoms with Crippen molar-refractivity contribution in [3.05, 3.63) is 60.2 Å². The van der Waals surface area contributed by atoms with E-state index >= 15 is 0 Å². The largest absolute Gasteiger partial charge is 0.479 e. The molecule has 0 aromatic heterocycles. The fourth-order valence-electron chi connectivity index (χ4n) is 2.67. The van der Waals surface area contributed by atoms with E-state index in [-0.39, 0.29) is 0 Å². The monoisotopic (exact) mass is 309 g/mol. The number of fused-ring (bicyclic) bond motifs is 1. The standard InChI is InChI=1S/C19H19NO3/c1-13-12-19(2,3)23-17-15(13)10-7-11-16(17)22-18(21)20-14-8-5-4-6-9-14/h4-12H,1-3H3,(H,20,21). The van der Waals surface area contributed by atoms with Crippen LogP contribution in [0, 0.1) is 0 Å². The molecule has 0 bridgehead atoms. The summed E-state index contributed by atoms with van der Waals surface area (Å²) < 4.78 is 11.4. The van der Waals surface area contributed by atoms with E-state index in [1.807, 2.05) is 51.1 Å². The molecular weight excluding hydrogens is 290 g/mol. The molecule has 0 aliphatic carbocycles. The number of anilines is 1. The highest BCUT2D eigenvalue weighted by molar-refractivity contribution is 5.87. The summed E-state index contributed by atoms with van der Waals surface area (Å²) in [6.45, 7) is 5.97. The van der Waals surface area contributed by atoms with E-state index in [0.29, 0.717) is 17.2 Å². The number of hydrogen-bond donors (Lipinski definition) is 1. The molecule has 1 aliphatic rings. The Balaban J connectivity index is 1.84. The van der Waals surface area contributed by atoms with Gasteiger partial charge in [-0.1, -0.05) is 30.3 Å². The van der Waals surface area contributed by atoms with Gasteiger partial charge in [0, 0.05) is 11.3 Å². The van der Waals surface area contributed by atoms with E-state index in [1.165, 1.54) is 0 Å². The molecule has 4 heteroatoms. The van der Waals surface area contributed by atoms with Crippen molar-refractivity contribution in [2.45, 2.75) is 26.4 Å². The third-order valence-electron chi connectivity index (χ3n) is 3.56. The van der Waals surface area contributed by atoms with E-state index in [1.54, 1.807) is 18.2 Å². The fourth-order valence-corrected chi connectivity index (χ4v) is 2.67. The van der Waals surface area contributed by atoms with Crippen LogP contribution in [-0.2, 0) is 0 Å². The zero-order valence-electron chi connectivity index (χ0n) is 13.4. The topological polar surface area (TPSA) is 47.6 Å². The van der Waals surface area contributed by atoms with Gasteiger partial charge in [0.05, 0.1) is 0 Å². The number of rotatable bonds is 2. The van der Waals surface area contributed by atoms with Gasteiger partial charge in [0.1, 0.15) is 5.60 Å². The molecule has 0 unspecified atom stereocenters. The molecule has 0 spiro atoms. The second kappa shape index (κ2) is 5.80. The third kappa shape index (κ3) is 3.37. The Labute approximate surface area is 135 Å². The van der Waals surface area contributed by atoms with Crippen molar-refractivity contribution < 1.29 is 14.3 Å². The number of ether oxygens (including phenoxy) is 2. The summed E-state index contributed by atoms with van der Waals surface area (Å²) in [7, 11) is 0. The van der Waals surface area contributed by atoms with Crippen molar-refractivity contribution in [1.82, 2.24) is 0 Å². The highest BCUT2D eigenvalue weighted by atomic mass is 16.6. The normalized spacial score (nSPS) is 15.0. The quantitative estimate of drug-likeness (QED) is 0.860. The fraction of sp³-hybridized carbons (Fsp3) is 0.211. The Morgan fingerprint density at radius 1 is 1.09 bits per heavy atom. The number of carbonyl (C=O) groups excluding carboxylic acids is 1. The second-order valence-corrected chi connectivity index (χ2v) is 6.05. The Kier molecular flexibility index (Phi) is 3.82. The molecule has 1 N–H and O–H groups in total. The molecule has 0 fully saturated rings. The van der Waals surface area contributed by atoms with Gasteiger partial charge >= 0.3 is 6.09 Å². The molecular formula is C19H19NO3. The summed E-state index contributed by atoms with van der Waals surface area (Å²) in [4.78, 5) is 12.1. The molecule has 1 aliphatic heterocycles. The first-order valence-corrected chi connectivity index (χ1v) is 7.50. The SMILES string of the molecule is CC1=CC(C)(C)Oc2c(OC(=O)Nc3ccccc3)cccc21. The lowest BCUT2D eigenvalue weighted by molar-refractivity contribution is 0.150. The summed E-state index contributed by atoms with van der Waals surface area (Å²) in [5, 5.41) is 2.70. The molecule has 2 aromatic carbocycles. The molecule has 3 rings (SSSR count). The van der Waals surface area contributed by atoms with Crippen LogP contribution in [-0.4, -0.2) is 11.7 Å². The Hall–Kier alpha value is -2.75. The number of nitrogens with one attached hydrogen (secondary N) is 1. The number of hydrogen-bond acceptors (Lipinski definition) is 3. The first kappa shape index (κ1) is 15.2. The van der Waals surface area contributed by atoms with Crippen molar-refractivity contribution in [1.29, 1.82) is 0 Å². The molecule has 23 heavy (non-hydrogen) atoms. The zero-order chi connectivity index (χ0) is 16.4. The summed E-state index contributed by atoms with van der Waals surface area (Å²) >= 11 is 0. The van der Waals surface area contributed by atoms with E-state index in [2.05, 4.69) is 11.4 Å². The molecule has 4 nitrogen and oxygen atoms in total. The number of benzene rings is 2. The Bertz CT molecular complexity index is 763. The molecule has 1 amide bonds. The van der Waals surface area contributed by atoms with Crippen LogP contribution in [0.25, 0.3) is 5.57 Å². The average Bonchev–Trinajstić information content (AvgIpc) is 2.48. The van der Waals surface area contributed by atoms with E-state index in [9.17, 15) is 4.79 Å². The van der Waals surface area contributed by atoms with E-state index in [0.717, 1.165) is 11.1 Å². The van der Waals surface area contributed by atoms with Crippen molar-refractivity contribution in [3.63, 3.8) is 0 Å². The first-order chi connectivity index (χ1) is 10.9. The lowest BCUT2D eigenvalue weighted by atomic mass is 9.95. The van der Waals surface area contributed by atoms with Gasteiger partial charge in [-0.2, -0.15) is 0 Å². The van der Waals surface area contributed by atoms with Crippen LogP contribution in [0.2, 0.25) is 0 Å². The summed E-state index contributed by atoms with van der Waals surface area (Å²) in [6.07, 6.45) is 1.52. The van der Waals surface area contributed by atoms with Crippen LogP contribution in [0.5, 0.6) is 11.5 Å². The number of carbonyl (C=O) groups is 1. The minimum absolute atomic E-state index is 0.413. The number of amides is 1. The zero-order valence-corrected chi connectivity index (χ0v) is 13.4. The highest BCUT2D eigenvalue weighted by Gasteiger charge is 2.28. The molecule has 2 aromatic rings. The highest BCUT2D eigenvalue weighted by Crippen LogP contribution is 2.42. The Morgan fingerprint density at radius 3 is 2.57 bits per heavy atom. The smallest absolute Gasteiger partial charge is 0.417 e. The molecule has 1 heterocycles. The predicted octanol–water partition coefficient (Wildman–Crippen LogP) is 4.87.